The Labute approximate surface area is 109 Å². The third kappa shape index (κ3) is 2.09. The van der Waals surface area contributed by atoms with Crippen molar-refractivity contribution in [2.24, 2.45) is 0 Å². The Morgan fingerprint density at radius 2 is 2.17 bits per heavy atom. The third-order valence-electron chi connectivity index (χ3n) is 2.73. The molecule has 0 amide bonds. The Hall–Kier alpha value is -1.88. The summed E-state index contributed by atoms with van der Waals surface area (Å²) in [4.78, 5) is 8.82. The topological polar surface area (TPSA) is 54.5 Å². The van der Waals surface area contributed by atoms with Crippen LogP contribution >= 0.6 is 11.8 Å². The van der Waals surface area contributed by atoms with Crippen molar-refractivity contribution in [2.75, 3.05) is 0 Å². The maximum Gasteiger partial charge on any atom is 0.189 e. The average molecular weight is 256 g/mol. The predicted octanol–water partition coefficient (Wildman–Crippen LogP) is 3.07. The van der Waals surface area contributed by atoms with Crippen molar-refractivity contribution in [2.45, 2.75) is 23.5 Å². The molecule has 1 aromatic carbocycles. The standard InChI is InChI=1S/C13H12N4S/c1-2-9-7-10-5-3-4-6-11(10)16-12(9)18-13-14-8-15-17-13/h3-8H,2H2,1H3,(H,14,15,17). The summed E-state index contributed by atoms with van der Waals surface area (Å²) in [7, 11) is 0. The largest absolute Gasteiger partial charge is 0.254 e. The summed E-state index contributed by atoms with van der Waals surface area (Å²) >= 11 is 1.52. The molecule has 2 heterocycles. The summed E-state index contributed by atoms with van der Waals surface area (Å²) in [6.45, 7) is 2.14. The lowest BCUT2D eigenvalue weighted by Gasteiger charge is -2.07. The zero-order chi connectivity index (χ0) is 12.4. The van der Waals surface area contributed by atoms with Gasteiger partial charge in [0.05, 0.1) is 5.52 Å². The fourth-order valence-corrected chi connectivity index (χ4v) is 2.68. The molecule has 0 unspecified atom stereocenters. The van der Waals surface area contributed by atoms with Crippen LogP contribution in [0.15, 0.2) is 46.8 Å². The van der Waals surface area contributed by atoms with E-state index in [1.165, 1.54) is 29.0 Å². The SMILES string of the molecule is CCc1cc2ccccc2nc1Sc1ncn[nH]1. The monoisotopic (exact) mass is 256 g/mol. The number of para-hydroxylation sites is 1. The molecule has 0 aliphatic carbocycles. The highest BCUT2D eigenvalue weighted by atomic mass is 32.2. The van der Waals surface area contributed by atoms with E-state index in [1.54, 1.807) is 0 Å². The molecule has 0 aliphatic rings. The molecule has 0 atom stereocenters. The average Bonchev–Trinajstić information content (AvgIpc) is 2.91. The molecule has 0 fully saturated rings. The third-order valence-corrected chi connectivity index (χ3v) is 3.67. The molecule has 0 aliphatic heterocycles. The summed E-state index contributed by atoms with van der Waals surface area (Å²) in [5, 5.41) is 9.64. The van der Waals surface area contributed by atoms with Gasteiger partial charge in [0.1, 0.15) is 11.4 Å². The predicted molar refractivity (Wildman–Crippen MR) is 71.6 cm³/mol. The first-order valence-corrected chi connectivity index (χ1v) is 6.60. The van der Waals surface area contributed by atoms with Gasteiger partial charge in [-0.1, -0.05) is 25.1 Å². The molecule has 2 aromatic heterocycles. The van der Waals surface area contributed by atoms with E-state index in [0.717, 1.165) is 22.1 Å². The summed E-state index contributed by atoms with van der Waals surface area (Å²) in [5.74, 6) is 0. The summed E-state index contributed by atoms with van der Waals surface area (Å²) in [5.41, 5.74) is 2.24. The molecule has 0 bridgehead atoms. The van der Waals surface area contributed by atoms with Crippen LogP contribution in [0.5, 0.6) is 0 Å². The van der Waals surface area contributed by atoms with Crippen LogP contribution < -0.4 is 0 Å². The Kier molecular flexibility index (Phi) is 2.98. The van der Waals surface area contributed by atoms with E-state index >= 15 is 0 Å². The molecule has 0 saturated carbocycles. The van der Waals surface area contributed by atoms with E-state index in [1.807, 2.05) is 18.2 Å². The van der Waals surface area contributed by atoms with Gasteiger partial charge in [-0.05, 0) is 35.9 Å². The highest BCUT2D eigenvalue weighted by Gasteiger charge is 2.08. The van der Waals surface area contributed by atoms with Crippen molar-refractivity contribution >= 4 is 22.7 Å². The Morgan fingerprint density at radius 1 is 1.28 bits per heavy atom. The van der Waals surface area contributed by atoms with Crippen molar-refractivity contribution in [3.05, 3.63) is 42.2 Å². The normalized spacial score (nSPS) is 10.9. The number of nitrogens with zero attached hydrogens (tertiary/aromatic N) is 3. The zero-order valence-electron chi connectivity index (χ0n) is 9.92. The number of H-pyrrole nitrogens is 1. The molecule has 0 saturated heterocycles. The van der Waals surface area contributed by atoms with Gasteiger partial charge in [0.15, 0.2) is 5.16 Å². The van der Waals surface area contributed by atoms with Crippen molar-refractivity contribution in [1.82, 2.24) is 20.2 Å². The van der Waals surface area contributed by atoms with Crippen molar-refractivity contribution in [3.8, 4) is 0 Å². The zero-order valence-corrected chi connectivity index (χ0v) is 10.7. The molecular weight excluding hydrogens is 244 g/mol. The van der Waals surface area contributed by atoms with Crippen LogP contribution in [0, 0.1) is 0 Å². The van der Waals surface area contributed by atoms with E-state index < -0.39 is 0 Å². The smallest absolute Gasteiger partial charge is 0.189 e. The van der Waals surface area contributed by atoms with Crippen LogP contribution in [0.25, 0.3) is 10.9 Å². The molecule has 3 rings (SSSR count). The fourth-order valence-electron chi connectivity index (χ4n) is 1.82. The number of nitrogens with one attached hydrogen (secondary N) is 1. The lowest BCUT2D eigenvalue weighted by Crippen LogP contribution is -1.92. The number of rotatable bonds is 3. The summed E-state index contributed by atoms with van der Waals surface area (Å²) in [6.07, 6.45) is 2.46. The highest BCUT2D eigenvalue weighted by molar-refractivity contribution is 7.99. The first-order chi connectivity index (χ1) is 8.86. The minimum absolute atomic E-state index is 0.771. The Bertz CT molecular complexity index is 664. The van der Waals surface area contributed by atoms with Crippen LogP contribution in [-0.2, 0) is 6.42 Å². The van der Waals surface area contributed by atoms with Gasteiger partial charge in [-0.15, -0.1) is 0 Å². The van der Waals surface area contributed by atoms with Crippen LogP contribution in [-0.4, -0.2) is 20.2 Å². The summed E-state index contributed by atoms with van der Waals surface area (Å²) in [6, 6.07) is 10.3. The van der Waals surface area contributed by atoms with Gasteiger partial charge in [-0.2, -0.15) is 5.10 Å². The molecule has 0 spiro atoms. The van der Waals surface area contributed by atoms with E-state index in [4.69, 9.17) is 4.98 Å². The molecule has 0 radical (unpaired) electrons. The summed E-state index contributed by atoms with van der Waals surface area (Å²) < 4.78 is 0. The number of fused-ring (bicyclic) bond motifs is 1. The first kappa shape index (κ1) is 11.2. The molecule has 18 heavy (non-hydrogen) atoms. The number of aromatic nitrogens is 4. The van der Waals surface area contributed by atoms with Gasteiger partial charge in [-0.25, -0.2) is 9.97 Å². The van der Waals surface area contributed by atoms with Crippen LogP contribution in [0.2, 0.25) is 0 Å². The van der Waals surface area contributed by atoms with Gasteiger partial charge in [0.25, 0.3) is 0 Å². The lowest BCUT2D eigenvalue weighted by atomic mass is 10.1. The van der Waals surface area contributed by atoms with Crippen molar-refractivity contribution in [1.29, 1.82) is 0 Å². The molecule has 5 heteroatoms. The molecule has 90 valence electrons. The fraction of sp³-hybridized carbons (Fsp3) is 0.154. The van der Waals surface area contributed by atoms with Gasteiger partial charge in [0.2, 0.25) is 0 Å². The van der Waals surface area contributed by atoms with Gasteiger partial charge < -0.3 is 0 Å². The number of pyridine rings is 1. The minimum atomic E-state index is 0.771. The van der Waals surface area contributed by atoms with Gasteiger partial charge >= 0.3 is 0 Å². The minimum Gasteiger partial charge on any atom is -0.254 e. The maximum atomic E-state index is 4.70. The lowest BCUT2D eigenvalue weighted by molar-refractivity contribution is 0.958. The Morgan fingerprint density at radius 3 is 2.94 bits per heavy atom. The number of aromatic amines is 1. The van der Waals surface area contributed by atoms with E-state index in [-0.39, 0.29) is 0 Å². The van der Waals surface area contributed by atoms with Crippen LogP contribution in [0.3, 0.4) is 0 Å². The maximum absolute atomic E-state index is 4.70. The second-order valence-corrected chi connectivity index (χ2v) is 4.87. The molecule has 4 nitrogen and oxygen atoms in total. The number of hydrogen-bond acceptors (Lipinski definition) is 4. The number of aryl methyl sites for hydroxylation is 1. The van der Waals surface area contributed by atoms with Crippen molar-refractivity contribution in [3.63, 3.8) is 0 Å². The van der Waals surface area contributed by atoms with Crippen molar-refractivity contribution < 1.29 is 0 Å². The van der Waals surface area contributed by atoms with E-state index in [9.17, 15) is 0 Å². The van der Waals surface area contributed by atoms with Crippen LogP contribution in [0.1, 0.15) is 12.5 Å². The highest BCUT2D eigenvalue weighted by Crippen LogP contribution is 2.28. The molecule has 3 aromatic rings. The Balaban J connectivity index is 2.09. The second kappa shape index (κ2) is 4.78. The van der Waals surface area contributed by atoms with Gasteiger partial charge in [0, 0.05) is 5.39 Å². The van der Waals surface area contributed by atoms with E-state index in [2.05, 4.69) is 34.2 Å². The first-order valence-electron chi connectivity index (χ1n) is 5.78. The number of benzene rings is 1. The van der Waals surface area contributed by atoms with Crippen LogP contribution in [0.4, 0.5) is 0 Å². The van der Waals surface area contributed by atoms with Gasteiger partial charge in [-0.3, -0.25) is 5.10 Å². The molecular formula is C13H12N4S. The molecule has 1 N–H and O–H groups in total. The quantitative estimate of drug-likeness (QED) is 0.782. The van der Waals surface area contributed by atoms with E-state index in [0.29, 0.717) is 0 Å². The second-order valence-electron chi connectivity index (χ2n) is 3.89. The number of hydrogen-bond donors (Lipinski definition) is 1.